The highest BCUT2D eigenvalue weighted by atomic mass is 16.8. The van der Waals surface area contributed by atoms with E-state index in [1.807, 2.05) is 34.6 Å². The summed E-state index contributed by atoms with van der Waals surface area (Å²) in [5.41, 5.74) is 3.31. The van der Waals surface area contributed by atoms with Gasteiger partial charge in [-0.2, -0.15) is 0 Å². The van der Waals surface area contributed by atoms with Gasteiger partial charge in [-0.3, -0.25) is 4.79 Å². The molecular weight excluding hydrogens is 436 g/mol. The van der Waals surface area contributed by atoms with Crippen molar-refractivity contribution in [2.75, 3.05) is 6.61 Å². The standard InChI is InChI=1S/C27H42O7/c1-16(2)11-10-12-18(5)13-14-19(17(3)4)24(28)30-22-21(20-15-29-26(6,7)32-20)31-25-23(22)33-27(8,9)34-25/h11,13,19-23,25H,3,10,12,14-15H2,1-2,4-9H3/b18-13+/t19-,20-,21-,22+,23-,25-/m1/s1. The minimum Gasteiger partial charge on any atom is -0.456 e. The van der Waals surface area contributed by atoms with Crippen LogP contribution in [0, 0.1) is 5.92 Å². The van der Waals surface area contributed by atoms with Gasteiger partial charge >= 0.3 is 5.97 Å². The summed E-state index contributed by atoms with van der Waals surface area (Å²) in [5, 5.41) is 0. The Labute approximate surface area is 204 Å². The molecule has 0 aromatic rings. The van der Waals surface area contributed by atoms with Crippen molar-refractivity contribution in [2.45, 2.75) is 117 Å². The van der Waals surface area contributed by atoms with Crippen LogP contribution in [0.4, 0.5) is 0 Å². The van der Waals surface area contributed by atoms with Crippen LogP contribution in [0.3, 0.4) is 0 Å². The normalized spacial score (nSPS) is 32.8. The van der Waals surface area contributed by atoms with Gasteiger partial charge in [0.1, 0.15) is 12.2 Å². The molecule has 7 nitrogen and oxygen atoms in total. The first-order valence-corrected chi connectivity index (χ1v) is 12.3. The molecule has 0 unspecified atom stereocenters. The lowest BCUT2D eigenvalue weighted by atomic mass is 9.95. The summed E-state index contributed by atoms with van der Waals surface area (Å²) in [6, 6.07) is 0. The van der Waals surface area contributed by atoms with Crippen molar-refractivity contribution in [1.29, 1.82) is 0 Å². The van der Waals surface area contributed by atoms with Crippen LogP contribution in [-0.2, 0) is 33.2 Å². The maximum Gasteiger partial charge on any atom is 0.313 e. The molecule has 192 valence electrons. The van der Waals surface area contributed by atoms with E-state index in [-0.39, 0.29) is 5.97 Å². The quantitative estimate of drug-likeness (QED) is 0.333. The fourth-order valence-electron chi connectivity index (χ4n) is 4.54. The van der Waals surface area contributed by atoms with Crippen molar-refractivity contribution in [2.24, 2.45) is 5.92 Å². The Kier molecular flexibility index (Phi) is 8.46. The van der Waals surface area contributed by atoms with Crippen LogP contribution in [0.25, 0.3) is 0 Å². The number of hydrogen-bond donors (Lipinski definition) is 0. The summed E-state index contributed by atoms with van der Waals surface area (Å²) in [6.07, 6.45) is 4.03. The van der Waals surface area contributed by atoms with Crippen LogP contribution in [0.15, 0.2) is 35.5 Å². The summed E-state index contributed by atoms with van der Waals surface area (Å²) in [6.45, 7) is 19.9. The molecular formula is C27H42O7. The summed E-state index contributed by atoms with van der Waals surface area (Å²) in [4.78, 5) is 13.3. The SMILES string of the molecule is C=C(C)[C@@H](C/C=C(\C)CCC=C(C)C)C(=O)O[C@@H]1[C@H]2OC(C)(C)O[C@H]2O[C@@H]1[C@H]1COC(C)(C)O1. The Morgan fingerprint density at radius 1 is 1.03 bits per heavy atom. The van der Waals surface area contributed by atoms with Crippen molar-refractivity contribution < 1.29 is 33.2 Å². The third-order valence-corrected chi connectivity index (χ3v) is 6.35. The summed E-state index contributed by atoms with van der Waals surface area (Å²) < 4.78 is 35.9. The van der Waals surface area contributed by atoms with E-state index >= 15 is 0 Å². The molecule has 0 radical (unpaired) electrons. The maximum atomic E-state index is 13.3. The summed E-state index contributed by atoms with van der Waals surface area (Å²) in [5.74, 6) is -2.34. The zero-order chi connectivity index (χ0) is 25.3. The predicted octanol–water partition coefficient (Wildman–Crippen LogP) is 5.20. The number of rotatable bonds is 9. The van der Waals surface area contributed by atoms with Gasteiger partial charge in [-0.25, -0.2) is 0 Å². The average molecular weight is 479 g/mol. The highest BCUT2D eigenvalue weighted by Gasteiger charge is 2.60. The molecule has 3 heterocycles. The lowest BCUT2D eigenvalue weighted by Gasteiger charge is -2.29. The van der Waals surface area contributed by atoms with Gasteiger partial charge in [-0.05, 0) is 74.7 Å². The topological polar surface area (TPSA) is 72.5 Å². The van der Waals surface area contributed by atoms with Crippen LogP contribution in [0.5, 0.6) is 0 Å². The molecule has 0 amide bonds. The van der Waals surface area contributed by atoms with E-state index in [0.29, 0.717) is 13.0 Å². The van der Waals surface area contributed by atoms with E-state index in [0.717, 1.165) is 18.4 Å². The van der Waals surface area contributed by atoms with E-state index in [1.165, 1.54) is 11.1 Å². The molecule has 3 aliphatic rings. The fraction of sp³-hybridized carbons (Fsp3) is 0.741. The smallest absolute Gasteiger partial charge is 0.313 e. The van der Waals surface area contributed by atoms with Gasteiger partial charge in [0.2, 0.25) is 0 Å². The lowest BCUT2D eigenvalue weighted by molar-refractivity contribution is -0.235. The average Bonchev–Trinajstić information content (AvgIpc) is 3.31. The van der Waals surface area contributed by atoms with Crippen molar-refractivity contribution in [1.82, 2.24) is 0 Å². The van der Waals surface area contributed by atoms with Crippen LogP contribution in [0.2, 0.25) is 0 Å². The van der Waals surface area contributed by atoms with Gasteiger partial charge < -0.3 is 28.4 Å². The van der Waals surface area contributed by atoms with Gasteiger partial charge in [-0.15, -0.1) is 0 Å². The van der Waals surface area contributed by atoms with E-state index in [4.69, 9.17) is 28.4 Å². The first kappa shape index (κ1) is 27.1. The highest BCUT2D eigenvalue weighted by Crippen LogP contribution is 2.42. The van der Waals surface area contributed by atoms with Crippen molar-refractivity contribution in [3.05, 3.63) is 35.5 Å². The van der Waals surface area contributed by atoms with Gasteiger partial charge in [0.15, 0.2) is 30.1 Å². The van der Waals surface area contributed by atoms with Crippen LogP contribution in [0.1, 0.15) is 74.7 Å². The van der Waals surface area contributed by atoms with Crippen molar-refractivity contribution >= 4 is 5.97 Å². The zero-order valence-corrected chi connectivity index (χ0v) is 22.0. The van der Waals surface area contributed by atoms with Crippen LogP contribution < -0.4 is 0 Å². The number of hydrogen-bond acceptors (Lipinski definition) is 7. The molecule has 0 saturated carbocycles. The number of carbonyl (C=O) groups is 1. The van der Waals surface area contributed by atoms with E-state index in [1.54, 1.807) is 0 Å². The molecule has 34 heavy (non-hydrogen) atoms. The van der Waals surface area contributed by atoms with Gasteiger partial charge in [0, 0.05) is 0 Å². The van der Waals surface area contributed by atoms with Crippen molar-refractivity contribution in [3.63, 3.8) is 0 Å². The van der Waals surface area contributed by atoms with Gasteiger partial charge in [0.25, 0.3) is 0 Å². The van der Waals surface area contributed by atoms with Gasteiger partial charge in [0.05, 0.1) is 12.5 Å². The molecule has 0 aromatic carbocycles. The second kappa shape index (κ2) is 10.6. The summed E-state index contributed by atoms with van der Waals surface area (Å²) >= 11 is 0. The Hall–Kier alpha value is -1.51. The molecule has 3 saturated heterocycles. The summed E-state index contributed by atoms with van der Waals surface area (Å²) in [7, 11) is 0. The van der Waals surface area contributed by atoms with E-state index in [2.05, 4.69) is 39.5 Å². The number of esters is 1. The number of ether oxygens (including phenoxy) is 6. The Bertz CT molecular complexity index is 821. The third-order valence-electron chi connectivity index (χ3n) is 6.35. The number of carbonyl (C=O) groups excluding carboxylic acids is 1. The Morgan fingerprint density at radius 3 is 2.32 bits per heavy atom. The maximum absolute atomic E-state index is 13.3. The molecule has 3 fully saturated rings. The second-order valence-electron chi connectivity index (χ2n) is 10.8. The number of fused-ring (bicyclic) bond motifs is 1. The molecule has 0 aromatic heterocycles. The van der Waals surface area contributed by atoms with E-state index < -0.39 is 48.2 Å². The minimum atomic E-state index is -0.823. The molecule has 0 N–H and O–H groups in total. The van der Waals surface area contributed by atoms with E-state index in [9.17, 15) is 4.79 Å². The monoisotopic (exact) mass is 478 g/mol. The molecule has 0 bridgehead atoms. The minimum absolute atomic E-state index is 0.339. The Morgan fingerprint density at radius 2 is 1.74 bits per heavy atom. The lowest BCUT2D eigenvalue weighted by Crippen LogP contribution is -2.45. The molecule has 0 aliphatic carbocycles. The second-order valence-corrected chi connectivity index (χ2v) is 10.8. The molecule has 6 atom stereocenters. The van der Waals surface area contributed by atoms with Crippen molar-refractivity contribution in [3.8, 4) is 0 Å². The molecule has 0 spiro atoms. The fourth-order valence-corrected chi connectivity index (χ4v) is 4.54. The predicted molar refractivity (Wildman–Crippen MR) is 129 cm³/mol. The molecule has 3 rings (SSSR count). The molecule has 7 heteroatoms. The highest BCUT2D eigenvalue weighted by molar-refractivity contribution is 5.76. The third kappa shape index (κ3) is 6.79. The Balaban J connectivity index is 1.71. The zero-order valence-electron chi connectivity index (χ0n) is 22.0. The largest absolute Gasteiger partial charge is 0.456 e. The number of allylic oxidation sites excluding steroid dienone is 4. The first-order valence-electron chi connectivity index (χ1n) is 12.3. The first-order chi connectivity index (χ1) is 15.8. The van der Waals surface area contributed by atoms with Crippen LogP contribution >= 0.6 is 0 Å². The van der Waals surface area contributed by atoms with Gasteiger partial charge in [-0.1, -0.05) is 35.5 Å². The van der Waals surface area contributed by atoms with Crippen LogP contribution in [-0.4, -0.2) is 54.9 Å². The molecule has 3 aliphatic heterocycles.